The molecule has 1 heterocycles. The number of aromatic nitrogens is 1. The summed E-state index contributed by atoms with van der Waals surface area (Å²) in [6.45, 7) is -0.548. The molecule has 92 valence electrons. The molecule has 0 spiro atoms. The lowest BCUT2D eigenvalue weighted by Gasteiger charge is -2.08. The summed E-state index contributed by atoms with van der Waals surface area (Å²) in [6, 6.07) is 2.63. The van der Waals surface area contributed by atoms with Crippen molar-refractivity contribution in [3.63, 3.8) is 0 Å². The molecule has 1 aromatic rings. The minimum absolute atomic E-state index is 0.00222. The molecular formula is C9H7F3N2O3. The molecule has 1 rings (SSSR count). The first kappa shape index (κ1) is 12.9. The quantitative estimate of drug-likeness (QED) is 0.834. The fourth-order valence-corrected chi connectivity index (χ4v) is 1.05. The van der Waals surface area contributed by atoms with Crippen molar-refractivity contribution in [1.29, 1.82) is 0 Å². The molecule has 0 aliphatic rings. The van der Waals surface area contributed by atoms with Crippen LogP contribution in [0.15, 0.2) is 18.3 Å². The van der Waals surface area contributed by atoms with E-state index in [1.807, 2.05) is 0 Å². The van der Waals surface area contributed by atoms with E-state index in [0.29, 0.717) is 0 Å². The second-order valence-corrected chi connectivity index (χ2v) is 3.00. The van der Waals surface area contributed by atoms with E-state index < -0.39 is 30.3 Å². The van der Waals surface area contributed by atoms with Crippen molar-refractivity contribution in [2.75, 3.05) is 0 Å². The summed E-state index contributed by atoms with van der Waals surface area (Å²) < 4.78 is 35.6. The number of rotatable bonds is 3. The fourth-order valence-electron chi connectivity index (χ4n) is 1.05. The molecule has 0 saturated heterocycles. The SMILES string of the molecule is O=C(O)c1ncccc1CNC(=O)C(F)(F)F. The number of hydrogen-bond acceptors (Lipinski definition) is 3. The number of hydrogen-bond donors (Lipinski definition) is 2. The molecule has 0 aliphatic heterocycles. The Morgan fingerprint density at radius 1 is 1.41 bits per heavy atom. The number of alkyl halides is 3. The molecular weight excluding hydrogens is 241 g/mol. The molecule has 0 fully saturated rings. The lowest BCUT2D eigenvalue weighted by Crippen LogP contribution is -2.36. The molecule has 17 heavy (non-hydrogen) atoms. The number of nitrogens with zero attached hydrogens (tertiary/aromatic N) is 1. The van der Waals surface area contributed by atoms with Gasteiger partial charge in [-0.2, -0.15) is 13.2 Å². The van der Waals surface area contributed by atoms with Crippen molar-refractivity contribution in [3.8, 4) is 0 Å². The van der Waals surface area contributed by atoms with Gasteiger partial charge in [-0.1, -0.05) is 6.07 Å². The van der Waals surface area contributed by atoms with Crippen molar-refractivity contribution < 1.29 is 27.9 Å². The van der Waals surface area contributed by atoms with Crippen LogP contribution in [0, 0.1) is 0 Å². The Balaban J connectivity index is 2.77. The van der Waals surface area contributed by atoms with Crippen LogP contribution in [0.4, 0.5) is 13.2 Å². The Bertz CT molecular complexity index is 445. The highest BCUT2D eigenvalue weighted by Crippen LogP contribution is 2.14. The highest BCUT2D eigenvalue weighted by Gasteiger charge is 2.38. The van der Waals surface area contributed by atoms with Crippen LogP contribution in [0.3, 0.4) is 0 Å². The molecule has 0 unspecified atom stereocenters. The van der Waals surface area contributed by atoms with Crippen LogP contribution >= 0.6 is 0 Å². The third kappa shape index (κ3) is 3.44. The van der Waals surface area contributed by atoms with Gasteiger partial charge in [-0.25, -0.2) is 9.78 Å². The number of pyridine rings is 1. The molecule has 5 nitrogen and oxygen atoms in total. The van der Waals surface area contributed by atoms with Crippen LogP contribution in [-0.4, -0.2) is 28.1 Å². The Morgan fingerprint density at radius 2 is 2.06 bits per heavy atom. The fraction of sp³-hybridized carbons (Fsp3) is 0.222. The van der Waals surface area contributed by atoms with Gasteiger partial charge in [0.1, 0.15) is 0 Å². The monoisotopic (exact) mass is 248 g/mol. The van der Waals surface area contributed by atoms with Gasteiger partial charge in [0.05, 0.1) is 0 Å². The zero-order valence-corrected chi connectivity index (χ0v) is 8.28. The van der Waals surface area contributed by atoms with Crippen LogP contribution in [-0.2, 0) is 11.3 Å². The predicted octanol–water partition coefficient (Wildman–Crippen LogP) is 0.958. The lowest BCUT2D eigenvalue weighted by molar-refractivity contribution is -0.173. The maximum atomic E-state index is 11.9. The van der Waals surface area contributed by atoms with Gasteiger partial charge in [0.25, 0.3) is 0 Å². The van der Waals surface area contributed by atoms with Gasteiger partial charge in [0.15, 0.2) is 5.69 Å². The van der Waals surface area contributed by atoms with Crippen LogP contribution in [0.25, 0.3) is 0 Å². The Morgan fingerprint density at radius 3 is 2.59 bits per heavy atom. The normalized spacial score (nSPS) is 11.0. The average Bonchev–Trinajstić information content (AvgIpc) is 2.24. The molecule has 1 aromatic heterocycles. The van der Waals surface area contributed by atoms with E-state index in [1.54, 1.807) is 5.32 Å². The van der Waals surface area contributed by atoms with E-state index in [2.05, 4.69) is 4.98 Å². The van der Waals surface area contributed by atoms with Crippen LogP contribution in [0.1, 0.15) is 16.1 Å². The van der Waals surface area contributed by atoms with Gasteiger partial charge in [-0.15, -0.1) is 0 Å². The minimum Gasteiger partial charge on any atom is -0.477 e. The van der Waals surface area contributed by atoms with Crippen molar-refractivity contribution >= 4 is 11.9 Å². The topological polar surface area (TPSA) is 79.3 Å². The van der Waals surface area contributed by atoms with Gasteiger partial charge in [0, 0.05) is 18.3 Å². The Hall–Kier alpha value is -2.12. The van der Waals surface area contributed by atoms with Crippen LogP contribution < -0.4 is 5.32 Å². The van der Waals surface area contributed by atoms with Crippen molar-refractivity contribution in [2.45, 2.75) is 12.7 Å². The van der Waals surface area contributed by atoms with E-state index in [4.69, 9.17) is 5.11 Å². The Kier molecular flexibility index (Phi) is 3.66. The molecule has 1 amide bonds. The van der Waals surface area contributed by atoms with E-state index >= 15 is 0 Å². The number of halogens is 3. The summed E-state index contributed by atoms with van der Waals surface area (Å²) in [6.07, 6.45) is -3.80. The number of amides is 1. The molecule has 0 atom stereocenters. The van der Waals surface area contributed by atoms with Gasteiger partial charge in [-0.3, -0.25) is 4.79 Å². The lowest BCUT2D eigenvalue weighted by atomic mass is 10.2. The summed E-state index contributed by atoms with van der Waals surface area (Å²) in [7, 11) is 0. The first-order chi connectivity index (χ1) is 7.82. The molecule has 0 radical (unpaired) electrons. The van der Waals surface area contributed by atoms with Crippen molar-refractivity contribution in [1.82, 2.24) is 10.3 Å². The average molecular weight is 248 g/mol. The second kappa shape index (κ2) is 4.81. The number of nitrogens with one attached hydrogen (secondary N) is 1. The maximum Gasteiger partial charge on any atom is 0.471 e. The summed E-state index contributed by atoms with van der Waals surface area (Å²) in [4.78, 5) is 24.7. The zero-order chi connectivity index (χ0) is 13.1. The van der Waals surface area contributed by atoms with Gasteiger partial charge < -0.3 is 10.4 Å². The zero-order valence-electron chi connectivity index (χ0n) is 8.28. The van der Waals surface area contributed by atoms with Crippen LogP contribution in [0.2, 0.25) is 0 Å². The second-order valence-electron chi connectivity index (χ2n) is 3.00. The van der Waals surface area contributed by atoms with Gasteiger partial charge >= 0.3 is 18.1 Å². The molecule has 0 saturated carbocycles. The summed E-state index contributed by atoms with van der Waals surface area (Å²) >= 11 is 0. The molecule has 0 bridgehead atoms. The molecule has 0 aromatic carbocycles. The third-order valence-electron chi connectivity index (χ3n) is 1.79. The first-order valence-corrected chi connectivity index (χ1v) is 4.34. The number of carbonyl (C=O) groups is 2. The van der Waals surface area contributed by atoms with Crippen LogP contribution in [0.5, 0.6) is 0 Å². The predicted molar refractivity (Wildman–Crippen MR) is 49.1 cm³/mol. The molecule has 2 N–H and O–H groups in total. The van der Waals surface area contributed by atoms with Gasteiger partial charge in [-0.05, 0) is 6.07 Å². The standard InChI is InChI=1S/C9H7F3N2O3/c10-9(11,12)8(17)14-4-5-2-1-3-13-6(5)7(15)16/h1-3H,4H2,(H,14,17)(H,15,16). The maximum absolute atomic E-state index is 11.9. The minimum atomic E-state index is -4.99. The molecule has 8 heteroatoms. The number of aromatic carboxylic acids is 1. The number of carboxylic acids is 1. The largest absolute Gasteiger partial charge is 0.477 e. The first-order valence-electron chi connectivity index (χ1n) is 4.34. The van der Waals surface area contributed by atoms with Crippen molar-refractivity contribution in [2.24, 2.45) is 0 Å². The molecule has 0 aliphatic carbocycles. The van der Waals surface area contributed by atoms with Crippen molar-refractivity contribution in [3.05, 3.63) is 29.6 Å². The van der Waals surface area contributed by atoms with E-state index in [9.17, 15) is 22.8 Å². The highest BCUT2D eigenvalue weighted by molar-refractivity contribution is 5.87. The summed E-state index contributed by atoms with van der Waals surface area (Å²) in [5.74, 6) is -3.50. The van der Waals surface area contributed by atoms with E-state index in [-0.39, 0.29) is 5.56 Å². The van der Waals surface area contributed by atoms with E-state index in [0.717, 1.165) is 0 Å². The highest BCUT2D eigenvalue weighted by atomic mass is 19.4. The summed E-state index contributed by atoms with van der Waals surface area (Å²) in [5, 5.41) is 10.3. The Labute approximate surface area is 93.3 Å². The summed E-state index contributed by atoms with van der Waals surface area (Å²) in [5.41, 5.74) is -0.396. The van der Waals surface area contributed by atoms with E-state index in [1.165, 1.54) is 18.3 Å². The third-order valence-corrected chi connectivity index (χ3v) is 1.79. The smallest absolute Gasteiger partial charge is 0.471 e. The van der Waals surface area contributed by atoms with Gasteiger partial charge in [0.2, 0.25) is 0 Å². The number of carbonyl (C=O) groups excluding carboxylic acids is 1. The number of carboxylic acid groups (broad SMARTS) is 1.